The van der Waals surface area contributed by atoms with Gasteiger partial charge in [-0.2, -0.15) is 0 Å². The highest BCUT2D eigenvalue weighted by Gasteiger charge is 2.18. The predicted molar refractivity (Wildman–Crippen MR) is 66.0 cm³/mol. The van der Waals surface area contributed by atoms with Crippen molar-refractivity contribution in [1.82, 2.24) is 4.90 Å². The summed E-state index contributed by atoms with van der Waals surface area (Å²) in [5, 5.41) is 17.8. The van der Waals surface area contributed by atoms with E-state index in [2.05, 4.69) is 0 Å². The van der Waals surface area contributed by atoms with Crippen molar-refractivity contribution in [2.75, 3.05) is 26.3 Å². The Morgan fingerprint density at radius 2 is 1.59 bits per heavy atom. The molecule has 2 N–H and O–H groups in total. The number of carbonyl (C=O) groups excluding carboxylic acids is 1. The van der Waals surface area contributed by atoms with Gasteiger partial charge >= 0.3 is 0 Å². The molecule has 0 saturated heterocycles. The highest BCUT2D eigenvalue weighted by Crippen LogP contribution is 2.15. The van der Waals surface area contributed by atoms with Crippen LogP contribution in [0.5, 0.6) is 0 Å². The van der Waals surface area contributed by atoms with Crippen LogP contribution in [0.25, 0.3) is 0 Å². The smallest absolute Gasteiger partial charge is 0.254 e. The summed E-state index contributed by atoms with van der Waals surface area (Å²) in [6.45, 7) is 4.06. The number of rotatable bonds is 5. The first-order valence-corrected chi connectivity index (χ1v) is 5.69. The number of aryl methyl sites for hydroxylation is 2. The summed E-state index contributed by atoms with van der Waals surface area (Å²) in [5.74, 6) is -0.135. The molecule has 0 fully saturated rings. The topological polar surface area (TPSA) is 60.8 Å². The van der Waals surface area contributed by atoms with Crippen molar-refractivity contribution in [2.45, 2.75) is 13.8 Å². The number of benzene rings is 1. The summed E-state index contributed by atoms with van der Waals surface area (Å²) in [5.41, 5.74) is 2.49. The lowest BCUT2D eigenvalue weighted by molar-refractivity contribution is 0.0683. The molecule has 1 aromatic rings. The molecule has 0 aliphatic rings. The van der Waals surface area contributed by atoms with Crippen LogP contribution in [0.3, 0.4) is 0 Å². The molecule has 4 nitrogen and oxygen atoms in total. The third kappa shape index (κ3) is 3.28. The van der Waals surface area contributed by atoms with Crippen LogP contribution in [0.4, 0.5) is 0 Å². The van der Waals surface area contributed by atoms with E-state index in [4.69, 9.17) is 10.2 Å². The standard InChI is InChI=1S/C13H19NO3/c1-10-4-3-5-11(2)12(10)13(17)14(6-8-15)7-9-16/h3-5,15-16H,6-9H2,1-2H3. The van der Waals surface area contributed by atoms with Gasteiger partial charge in [0.05, 0.1) is 13.2 Å². The van der Waals surface area contributed by atoms with Gasteiger partial charge in [0, 0.05) is 18.7 Å². The summed E-state index contributed by atoms with van der Waals surface area (Å²) in [6, 6.07) is 5.68. The SMILES string of the molecule is Cc1cccc(C)c1C(=O)N(CCO)CCO. The maximum atomic E-state index is 12.3. The molecule has 0 aliphatic carbocycles. The highest BCUT2D eigenvalue weighted by atomic mass is 16.3. The molecule has 0 aliphatic heterocycles. The predicted octanol–water partition coefficient (Wildman–Crippen LogP) is 0.730. The van der Waals surface area contributed by atoms with Crippen LogP contribution in [0.1, 0.15) is 21.5 Å². The van der Waals surface area contributed by atoms with E-state index in [1.54, 1.807) is 0 Å². The van der Waals surface area contributed by atoms with Crippen LogP contribution in [0.15, 0.2) is 18.2 Å². The molecule has 0 heterocycles. The van der Waals surface area contributed by atoms with Gasteiger partial charge in [-0.05, 0) is 25.0 Å². The first-order valence-electron chi connectivity index (χ1n) is 5.69. The van der Waals surface area contributed by atoms with E-state index in [-0.39, 0.29) is 32.2 Å². The molecule has 0 spiro atoms. The lowest BCUT2D eigenvalue weighted by Gasteiger charge is -2.22. The van der Waals surface area contributed by atoms with E-state index >= 15 is 0 Å². The second kappa shape index (κ2) is 6.37. The Kier molecular flexibility index (Phi) is 5.12. The minimum Gasteiger partial charge on any atom is -0.395 e. The Morgan fingerprint density at radius 1 is 1.12 bits per heavy atom. The van der Waals surface area contributed by atoms with Gasteiger partial charge in [0.25, 0.3) is 5.91 Å². The number of nitrogens with zero attached hydrogens (tertiary/aromatic N) is 1. The molecular formula is C13H19NO3. The zero-order valence-electron chi connectivity index (χ0n) is 10.3. The molecule has 0 bridgehead atoms. The van der Waals surface area contributed by atoms with Gasteiger partial charge < -0.3 is 15.1 Å². The summed E-state index contributed by atoms with van der Waals surface area (Å²) in [4.78, 5) is 13.7. The molecule has 0 aromatic heterocycles. The van der Waals surface area contributed by atoms with Gasteiger partial charge in [-0.25, -0.2) is 0 Å². The molecule has 0 unspecified atom stereocenters. The normalized spacial score (nSPS) is 10.4. The van der Waals surface area contributed by atoms with Crippen LogP contribution >= 0.6 is 0 Å². The van der Waals surface area contributed by atoms with Crippen LogP contribution in [0.2, 0.25) is 0 Å². The Labute approximate surface area is 101 Å². The third-order valence-corrected chi connectivity index (χ3v) is 2.72. The fourth-order valence-corrected chi connectivity index (χ4v) is 1.87. The van der Waals surface area contributed by atoms with E-state index in [1.165, 1.54) is 4.90 Å². The molecule has 0 radical (unpaired) electrons. The second-order valence-corrected chi connectivity index (χ2v) is 4.01. The van der Waals surface area contributed by atoms with Crippen LogP contribution in [-0.4, -0.2) is 47.3 Å². The van der Waals surface area contributed by atoms with E-state index in [9.17, 15) is 4.79 Å². The van der Waals surface area contributed by atoms with Crippen molar-refractivity contribution in [1.29, 1.82) is 0 Å². The van der Waals surface area contributed by atoms with E-state index in [0.29, 0.717) is 5.56 Å². The number of amides is 1. The first-order chi connectivity index (χ1) is 8.11. The van der Waals surface area contributed by atoms with Crippen molar-refractivity contribution in [3.05, 3.63) is 34.9 Å². The summed E-state index contributed by atoms with van der Waals surface area (Å²) in [6.07, 6.45) is 0. The molecule has 0 atom stereocenters. The van der Waals surface area contributed by atoms with Gasteiger partial charge in [-0.1, -0.05) is 18.2 Å². The van der Waals surface area contributed by atoms with Crippen molar-refractivity contribution >= 4 is 5.91 Å². The summed E-state index contributed by atoms with van der Waals surface area (Å²) < 4.78 is 0. The second-order valence-electron chi connectivity index (χ2n) is 4.01. The van der Waals surface area contributed by atoms with Crippen LogP contribution in [-0.2, 0) is 0 Å². The number of aliphatic hydroxyl groups excluding tert-OH is 2. The van der Waals surface area contributed by atoms with E-state index in [0.717, 1.165) is 11.1 Å². The van der Waals surface area contributed by atoms with Crippen LogP contribution in [0, 0.1) is 13.8 Å². The fraction of sp³-hybridized carbons (Fsp3) is 0.462. The number of aliphatic hydroxyl groups is 2. The lowest BCUT2D eigenvalue weighted by Crippen LogP contribution is -2.36. The van der Waals surface area contributed by atoms with Gasteiger partial charge in [-0.3, -0.25) is 4.79 Å². The van der Waals surface area contributed by atoms with Gasteiger partial charge in [0.15, 0.2) is 0 Å². The van der Waals surface area contributed by atoms with Crippen molar-refractivity contribution in [3.8, 4) is 0 Å². The van der Waals surface area contributed by atoms with Gasteiger partial charge in [-0.15, -0.1) is 0 Å². The Hall–Kier alpha value is -1.39. The minimum absolute atomic E-state index is 0.101. The van der Waals surface area contributed by atoms with Gasteiger partial charge in [0.1, 0.15) is 0 Å². The largest absolute Gasteiger partial charge is 0.395 e. The molecular weight excluding hydrogens is 218 g/mol. The average Bonchev–Trinajstić information content (AvgIpc) is 2.28. The van der Waals surface area contributed by atoms with Gasteiger partial charge in [0.2, 0.25) is 0 Å². The molecule has 94 valence electrons. The Morgan fingerprint density at radius 3 is 2.00 bits per heavy atom. The molecule has 1 aromatic carbocycles. The number of hydrogen-bond donors (Lipinski definition) is 2. The van der Waals surface area contributed by atoms with E-state index in [1.807, 2.05) is 32.0 Å². The average molecular weight is 237 g/mol. The van der Waals surface area contributed by atoms with Crippen molar-refractivity contribution in [2.24, 2.45) is 0 Å². The molecule has 4 heteroatoms. The minimum atomic E-state index is -0.135. The molecule has 0 saturated carbocycles. The van der Waals surface area contributed by atoms with Crippen molar-refractivity contribution in [3.63, 3.8) is 0 Å². The molecule has 1 rings (SSSR count). The fourth-order valence-electron chi connectivity index (χ4n) is 1.87. The third-order valence-electron chi connectivity index (χ3n) is 2.72. The number of carbonyl (C=O) groups is 1. The maximum Gasteiger partial charge on any atom is 0.254 e. The summed E-state index contributed by atoms with van der Waals surface area (Å²) in [7, 11) is 0. The molecule has 17 heavy (non-hydrogen) atoms. The highest BCUT2D eigenvalue weighted by molar-refractivity contribution is 5.97. The number of hydrogen-bond acceptors (Lipinski definition) is 3. The molecule has 1 amide bonds. The maximum absolute atomic E-state index is 12.3. The zero-order valence-corrected chi connectivity index (χ0v) is 10.3. The van der Waals surface area contributed by atoms with E-state index < -0.39 is 0 Å². The lowest BCUT2D eigenvalue weighted by atomic mass is 10.0. The Balaban J connectivity index is 3.00. The first kappa shape index (κ1) is 13.7. The van der Waals surface area contributed by atoms with Crippen molar-refractivity contribution < 1.29 is 15.0 Å². The quantitative estimate of drug-likeness (QED) is 0.793. The zero-order chi connectivity index (χ0) is 12.8. The van der Waals surface area contributed by atoms with Crippen LogP contribution < -0.4 is 0 Å². The summed E-state index contributed by atoms with van der Waals surface area (Å²) >= 11 is 0. The monoisotopic (exact) mass is 237 g/mol. The Bertz CT molecular complexity index is 364.